The molecule has 3 amide bonds. The number of anilines is 1. The van der Waals surface area contributed by atoms with Crippen LogP contribution >= 0.6 is 0 Å². The van der Waals surface area contributed by atoms with Crippen molar-refractivity contribution >= 4 is 29.5 Å². The molecule has 238 valence electrons. The molecule has 7 N–H and O–H groups in total. The van der Waals surface area contributed by atoms with Crippen molar-refractivity contribution in [2.75, 3.05) is 5.73 Å². The van der Waals surface area contributed by atoms with Crippen LogP contribution in [-0.4, -0.2) is 61.6 Å². The molecule has 4 aromatic rings. The molecule has 0 aliphatic rings. The third-order valence-electron chi connectivity index (χ3n) is 7.05. The second-order valence-electron chi connectivity index (χ2n) is 10.6. The number of carboxylic acid groups (broad SMARTS) is 1. The average Bonchev–Trinajstić information content (AvgIpc) is 3.03. The SMILES string of the molecule is Nc1ccn(CC(=O)NC(Cc2ccccc2)C(=O)NC(Cc2ccccc2)C(=O)NC(Cc2ccc(O)cc2)C(=O)O)c(=O)n1. The number of carbonyl (C=O) groups excluding carboxylic acids is 3. The molecule has 0 spiro atoms. The van der Waals surface area contributed by atoms with Crippen LogP contribution in [0.15, 0.2) is 102 Å². The molecular formula is C33H34N6O7. The van der Waals surface area contributed by atoms with Gasteiger partial charge in [0, 0.05) is 25.5 Å². The quantitative estimate of drug-likeness (QED) is 0.117. The maximum atomic E-state index is 13.8. The second-order valence-corrected chi connectivity index (χ2v) is 10.6. The van der Waals surface area contributed by atoms with E-state index in [1.165, 1.54) is 24.4 Å². The van der Waals surface area contributed by atoms with E-state index in [2.05, 4.69) is 20.9 Å². The van der Waals surface area contributed by atoms with Crippen molar-refractivity contribution < 1.29 is 29.4 Å². The molecule has 3 atom stereocenters. The molecule has 46 heavy (non-hydrogen) atoms. The first-order valence-electron chi connectivity index (χ1n) is 14.4. The Morgan fingerprint density at radius 2 is 1.17 bits per heavy atom. The lowest BCUT2D eigenvalue weighted by molar-refractivity contribution is -0.142. The number of carboxylic acids is 1. The highest BCUT2D eigenvalue weighted by Crippen LogP contribution is 2.12. The van der Waals surface area contributed by atoms with E-state index in [1.807, 2.05) is 0 Å². The Balaban J connectivity index is 1.55. The molecule has 0 bridgehead atoms. The lowest BCUT2D eigenvalue weighted by Crippen LogP contribution is -2.57. The maximum Gasteiger partial charge on any atom is 0.349 e. The van der Waals surface area contributed by atoms with Gasteiger partial charge >= 0.3 is 11.7 Å². The molecule has 0 aliphatic carbocycles. The highest BCUT2D eigenvalue weighted by molar-refractivity contribution is 5.93. The van der Waals surface area contributed by atoms with E-state index in [9.17, 15) is 34.2 Å². The van der Waals surface area contributed by atoms with Crippen LogP contribution in [0.5, 0.6) is 5.75 Å². The summed E-state index contributed by atoms with van der Waals surface area (Å²) in [6, 6.07) is 21.3. The van der Waals surface area contributed by atoms with E-state index in [0.717, 1.165) is 10.1 Å². The summed E-state index contributed by atoms with van der Waals surface area (Å²) in [7, 11) is 0. The number of rotatable bonds is 14. The number of aliphatic carboxylic acids is 1. The van der Waals surface area contributed by atoms with Crippen LogP contribution in [0.3, 0.4) is 0 Å². The number of hydrogen-bond donors (Lipinski definition) is 6. The van der Waals surface area contributed by atoms with Crippen molar-refractivity contribution in [2.24, 2.45) is 0 Å². The largest absolute Gasteiger partial charge is 0.508 e. The van der Waals surface area contributed by atoms with Gasteiger partial charge in [-0.25, -0.2) is 9.59 Å². The number of nitrogens with zero attached hydrogens (tertiary/aromatic N) is 2. The van der Waals surface area contributed by atoms with Crippen LogP contribution in [0.2, 0.25) is 0 Å². The molecule has 13 heteroatoms. The summed E-state index contributed by atoms with van der Waals surface area (Å²) < 4.78 is 1.04. The predicted octanol–water partition coefficient (Wildman–Crippen LogP) is 0.798. The van der Waals surface area contributed by atoms with Crippen molar-refractivity contribution in [3.05, 3.63) is 124 Å². The molecule has 3 unspecified atom stereocenters. The van der Waals surface area contributed by atoms with Crippen LogP contribution in [0.4, 0.5) is 5.82 Å². The standard InChI is InChI=1S/C33H34N6O7/c34-28-15-16-39(33(46)38-28)20-29(41)35-25(17-21-7-3-1-4-8-21)30(42)36-26(18-22-9-5-2-6-10-22)31(43)37-27(32(44)45)19-23-11-13-24(40)14-12-23/h1-16,25-27,40H,17-20H2,(H,35,41)(H,36,42)(H,37,43)(H,44,45)(H2,34,38,46). The molecule has 1 heterocycles. The van der Waals surface area contributed by atoms with Gasteiger partial charge in [-0.2, -0.15) is 4.98 Å². The summed E-state index contributed by atoms with van der Waals surface area (Å²) in [6.07, 6.45) is 1.33. The zero-order chi connectivity index (χ0) is 33.1. The van der Waals surface area contributed by atoms with Crippen molar-refractivity contribution in [1.82, 2.24) is 25.5 Å². The number of aromatic nitrogens is 2. The first-order valence-corrected chi connectivity index (χ1v) is 14.4. The topological polar surface area (TPSA) is 206 Å². The number of carbonyl (C=O) groups is 4. The number of nitrogens with two attached hydrogens (primary N) is 1. The fourth-order valence-electron chi connectivity index (χ4n) is 4.69. The van der Waals surface area contributed by atoms with E-state index in [1.54, 1.807) is 72.8 Å². The van der Waals surface area contributed by atoms with Gasteiger partial charge in [0.05, 0.1) is 0 Å². The molecule has 0 aliphatic heterocycles. The van der Waals surface area contributed by atoms with Gasteiger partial charge in [0.1, 0.15) is 36.2 Å². The minimum atomic E-state index is -1.33. The Bertz CT molecular complexity index is 1710. The first-order chi connectivity index (χ1) is 22.1. The number of phenolic OH excluding ortho intramolecular Hbond substituents is 1. The molecule has 0 radical (unpaired) electrons. The monoisotopic (exact) mass is 626 g/mol. The number of amides is 3. The molecule has 0 saturated carbocycles. The maximum absolute atomic E-state index is 13.8. The van der Waals surface area contributed by atoms with Gasteiger partial charge in [-0.3, -0.25) is 19.0 Å². The van der Waals surface area contributed by atoms with Crippen LogP contribution < -0.4 is 27.4 Å². The summed E-state index contributed by atoms with van der Waals surface area (Å²) in [6.45, 7) is -0.434. The van der Waals surface area contributed by atoms with Gasteiger partial charge in [0.15, 0.2) is 0 Å². The van der Waals surface area contributed by atoms with Gasteiger partial charge in [-0.1, -0.05) is 72.8 Å². The Morgan fingerprint density at radius 1 is 0.696 bits per heavy atom. The minimum absolute atomic E-state index is 0.000993. The van der Waals surface area contributed by atoms with Gasteiger partial charge in [0.2, 0.25) is 17.7 Å². The molecule has 1 aromatic heterocycles. The highest BCUT2D eigenvalue weighted by atomic mass is 16.4. The number of hydrogen-bond acceptors (Lipinski definition) is 8. The zero-order valence-electron chi connectivity index (χ0n) is 24.7. The lowest BCUT2D eigenvalue weighted by atomic mass is 10.0. The minimum Gasteiger partial charge on any atom is -0.508 e. The summed E-state index contributed by atoms with van der Waals surface area (Å²) >= 11 is 0. The molecule has 3 aromatic carbocycles. The number of benzene rings is 3. The third kappa shape index (κ3) is 9.77. The van der Waals surface area contributed by atoms with Gasteiger partial charge in [-0.15, -0.1) is 0 Å². The highest BCUT2D eigenvalue weighted by Gasteiger charge is 2.30. The summed E-state index contributed by atoms with van der Waals surface area (Å²) in [5.41, 5.74) is 6.78. The number of nitrogens with one attached hydrogen (secondary N) is 3. The molecule has 13 nitrogen and oxygen atoms in total. The smallest absolute Gasteiger partial charge is 0.349 e. The number of aromatic hydroxyl groups is 1. The Morgan fingerprint density at radius 3 is 1.70 bits per heavy atom. The van der Waals surface area contributed by atoms with E-state index in [0.29, 0.717) is 11.1 Å². The Kier molecular flexibility index (Phi) is 11.2. The van der Waals surface area contributed by atoms with Crippen LogP contribution in [-0.2, 0) is 45.0 Å². The third-order valence-corrected chi connectivity index (χ3v) is 7.05. The van der Waals surface area contributed by atoms with Gasteiger partial charge < -0.3 is 31.9 Å². The average molecular weight is 627 g/mol. The molecule has 4 rings (SSSR count). The summed E-state index contributed by atoms with van der Waals surface area (Å²) in [5.74, 6) is -3.37. The van der Waals surface area contributed by atoms with Crippen LogP contribution in [0.25, 0.3) is 0 Å². The fourth-order valence-corrected chi connectivity index (χ4v) is 4.69. The van der Waals surface area contributed by atoms with Crippen LogP contribution in [0, 0.1) is 0 Å². The summed E-state index contributed by atoms with van der Waals surface area (Å²) in [5, 5.41) is 27.3. The lowest BCUT2D eigenvalue weighted by Gasteiger charge is -2.25. The van der Waals surface area contributed by atoms with E-state index in [4.69, 9.17) is 5.73 Å². The van der Waals surface area contributed by atoms with Crippen LogP contribution in [0.1, 0.15) is 16.7 Å². The normalized spacial score (nSPS) is 12.7. The predicted molar refractivity (Wildman–Crippen MR) is 168 cm³/mol. The molecular weight excluding hydrogens is 592 g/mol. The van der Waals surface area contributed by atoms with Crippen molar-refractivity contribution in [1.29, 1.82) is 0 Å². The van der Waals surface area contributed by atoms with E-state index in [-0.39, 0.29) is 30.8 Å². The zero-order valence-corrected chi connectivity index (χ0v) is 24.7. The van der Waals surface area contributed by atoms with Crippen molar-refractivity contribution in [2.45, 2.75) is 43.9 Å². The van der Waals surface area contributed by atoms with E-state index < -0.39 is 54.1 Å². The fraction of sp³-hybridized carbons (Fsp3) is 0.212. The number of nitrogen functional groups attached to an aromatic ring is 1. The second kappa shape index (κ2) is 15.7. The van der Waals surface area contributed by atoms with Crippen molar-refractivity contribution in [3.8, 4) is 5.75 Å². The van der Waals surface area contributed by atoms with Crippen molar-refractivity contribution in [3.63, 3.8) is 0 Å². The van der Waals surface area contributed by atoms with Gasteiger partial charge in [-0.05, 0) is 34.9 Å². The van der Waals surface area contributed by atoms with E-state index >= 15 is 0 Å². The van der Waals surface area contributed by atoms with Gasteiger partial charge in [0.25, 0.3) is 0 Å². The Labute approximate surface area is 264 Å². The Hall–Kier alpha value is -5.98. The molecule has 0 fully saturated rings. The number of phenols is 1. The summed E-state index contributed by atoms with van der Waals surface area (Å²) in [4.78, 5) is 68.2. The first kappa shape index (κ1) is 32.9. The molecule has 0 saturated heterocycles.